The lowest BCUT2D eigenvalue weighted by atomic mass is 9.73. The topological polar surface area (TPSA) is 86.7 Å². The van der Waals surface area contributed by atoms with Gasteiger partial charge in [0, 0.05) is 22.3 Å². The van der Waals surface area contributed by atoms with Crippen molar-refractivity contribution in [3.8, 4) is 23.0 Å². The maximum atomic E-state index is 15.6. The molecule has 0 bridgehead atoms. The molecule has 6 rings (SSSR count). The van der Waals surface area contributed by atoms with Gasteiger partial charge in [-0.1, -0.05) is 24.3 Å². The van der Waals surface area contributed by atoms with Crippen LogP contribution in [-0.2, 0) is 25.1 Å². The smallest absolute Gasteiger partial charge is 0.411 e. The third-order valence-electron chi connectivity index (χ3n) is 10.7. The molecule has 0 saturated carbocycles. The molecule has 0 aliphatic heterocycles. The van der Waals surface area contributed by atoms with E-state index in [-0.39, 0.29) is 48.5 Å². The number of ether oxygens (including phenoxy) is 2. The summed E-state index contributed by atoms with van der Waals surface area (Å²) in [5, 5.41) is 0. The number of halogens is 20. The van der Waals surface area contributed by atoms with Gasteiger partial charge in [0.15, 0.2) is 103 Å². The Balaban J connectivity index is 1.48. The van der Waals surface area contributed by atoms with E-state index in [1.807, 2.05) is 0 Å². The molecule has 0 aromatic heterocycles. The van der Waals surface area contributed by atoms with Gasteiger partial charge >= 0.3 is 12.4 Å². The second-order valence-electron chi connectivity index (χ2n) is 14.9. The van der Waals surface area contributed by atoms with Crippen molar-refractivity contribution >= 4 is 19.7 Å². The zero-order chi connectivity index (χ0) is 53.7. The van der Waals surface area contributed by atoms with E-state index in [1.165, 1.54) is 0 Å². The first-order valence-corrected chi connectivity index (χ1v) is 21.7. The fraction of sp³-hybridized carbons (Fsp3) is 0.163. The van der Waals surface area contributed by atoms with Crippen LogP contribution in [0.25, 0.3) is 0 Å². The molecule has 0 unspecified atom stereocenters. The van der Waals surface area contributed by atoms with Crippen LogP contribution in [0, 0.1) is 109 Å². The molecule has 380 valence electrons. The summed E-state index contributed by atoms with van der Waals surface area (Å²) in [4.78, 5) is -10.3. The molecule has 0 saturated heterocycles. The average molecular weight is 1080 g/mol. The van der Waals surface area contributed by atoms with E-state index in [1.54, 1.807) is 0 Å². The zero-order valence-electron chi connectivity index (χ0n) is 34.9. The number of sulfone groups is 2. The van der Waals surface area contributed by atoms with Crippen molar-refractivity contribution in [3.63, 3.8) is 0 Å². The average Bonchev–Trinajstić information content (AvgIpc) is 3.28. The van der Waals surface area contributed by atoms with Gasteiger partial charge in [-0.05, 0) is 63.1 Å². The van der Waals surface area contributed by atoms with Crippen LogP contribution in [0.5, 0.6) is 23.0 Å². The summed E-state index contributed by atoms with van der Waals surface area (Å²) in [6, 6.07) is 0.114. The Hall–Kier alpha value is -6.58. The number of rotatable bonds is 10. The van der Waals surface area contributed by atoms with Crippen molar-refractivity contribution < 1.29 is 114 Å². The quantitative estimate of drug-likeness (QED) is 0.100. The van der Waals surface area contributed by atoms with Crippen LogP contribution in [-0.4, -0.2) is 29.2 Å². The van der Waals surface area contributed by atoms with Crippen LogP contribution in [0.2, 0.25) is 0 Å². The largest absolute Gasteiger partial charge is 0.453 e. The fourth-order valence-electron chi connectivity index (χ4n) is 7.01. The summed E-state index contributed by atoms with van der Waals surface area (Å²) in [6.45, 7) is 1.67. The zero-order valence-corrected chi connectivity index (χ0v) is 36.6. The molecule has 71 heavy (non-hydrogen) atoms. The second kappa shape index (κ2) is 17.9. The van der Waals surface area contributed by atoms with Crippen molar-refractivity contribution in [2.45, 2.75) is 65.0 Å². The summed E-state index contributed by atoms with van der Waals surface area (Å²) in [6.07, 6.45) is -13.0. The molecule has 0 heterocycles. The summed E-state index contributed by atoms with van der Waals surface area (Å²) in [5.41, 5.74) is -14.8. The first kappa shape index (κ1) is 53.8. The third kappa shape index (κ3) is 8.14. The molecule has 6 aromatic carbocycles. The number of hydrogen-bond donors (Lipinski definition) is 0. The molecular weight excluding hydrogens is 1060 g/mol. The van der Waals surface area contributed by atoms with E-state index in [2.05, 4.69) is 0 Å². The summed E-state index contributed by atoms with van der Waals surface area (Å²) >= 11 is 0. The molecule has 0 amide bonds. The van der Waals surface area contributed by atoms with Crippen LogP contribution in [0.3, 0.4) is 0 Å². The van der Waals surface area contributed by atoms with Gasteiger partial charge in [-0.25, -0.2) is 78.3 Å². The lowest BCUT2D eigenvalue weighted by Gasteiger charge is -2.38. The van der Waals surface area contributed by atoms with Crippen LogP contribution in [0.1, 0.15) is 33.4 Å². The highest BCUT2D eigenvalue weighted by Gasteiger charge is 2.72. The molecule has 0 radical (unpaired) electrons. The highest BCUT2D eigenvalue weighted by molar-refractivity contribution is 7.92. The Bertz CT molecular complexity index is 3160. The third-order valence-corrected chi connectivity index (χ3v) is 14.3. The minimum absolute atomic E-state index is 0.0742. The first-order chi connectivity index (χ1) is 32.5. The van der Waals surface area contributed by atoms with Crippen molar-refractivity contribution in [3.05, 3.63) is 163 Å². The van der Waals surface area contributed by atoms with Crippen molar-refractivity contribution in [2.24, 2.45) is 0 Å². The Labute approximate surface area is 384 Å². The van der Waals surface area contributed by atoms with Crippen molar-refractivity contribution in [1.29, 1.82) is 0 Å². The molecular formula is C43H20F20O6S2. The normalized spacial score (nSPS) is 12.7. The molecule has 6 aromatic rings. The monoisotopic (exact) mass is 1080 g/mol. The Morgan fingerprint density at radius 3 is 0.761 bits per heavy atom. The molecule has 0 aliphatic carbocycles. The van der Waals surface area contributed by atoms with Gasteiger partial charge in [-0.15, -0.1) is 0 Å². The van der Waals surface area contributed by atoms with Gasteiger partial charge in [0.1, 0.15) is 21.3 Å². The Morgan fingerprint density at radius 2 is 0.535 bits per heavy atom. The van der Waals surface area contributed by atoms with E-state index in [0.29, 0.717) is 27.7 Å². The fourth-order valence-corrected chi connectivity index (χ4v) is 10.1. The molecule has 0 atom stereocenters. The van der Waals surface area contributed by atoms with Gasteiger partial charge in [0.05, 0.1) is 0 Å². The van der Waals surface area contributed by atoms with E-state index in [9.17, 15) is 60.7 Å². The number of hydrogen-bond acceptors (Lipinski definition) is 6. The summed E-state index contributed by atoms with van der Waals surface area (Å²) < 4.78 is 363. The SMILES string of the molecule is Cc1c(F)c(F)c(S(=O)(=O)c2c(F)c(F)c(C)c(F)c2Oc2ccc(C(c3ccc(Oc4c(F)c(C)c(F)c(F)c4S(=O)(=O)c4c(F)c(F)c(C)c(F)c4F)cc3)(C(F)(F)F)C(F)(F)F)cc2)c(F)c1F. The highest BCUT2D eigenvalue weighted by atomic mass is 32.2. The first-order valence-electron chi connectivity index (χ1n) is 18.7. The molecule has 28 heteroatoms. The summed E-state index contributed by atoms with van der Waals surface area (Å²) in [7, 11) is -13.1. The second-order valence-corrected chi connectivity index (χ2v) is 18.5. The number of alkyl halides is 6. The van der Waals surface area contributed by atoms with Gasteiger partial charge < -0.3 is 9.47 Å². The molecule has 0 fully saturated rings. The Morgan fingerprint density at radius 1 is 0.324 bits per heavy atom. The molecule has 0 spiro atoms. The van der Waals surface area contributed by atoms with E-state index in [0.717, 1.165) is 0 Å². The van der Waals surface area contributed by atoms with Gasteiger partial charge in [-0.3, -0.25) is 0 Å². The minimum Gasteiger partial charge on any atom is -0.453 e. The maximum absolute atomic E-state index is 15.6. The predicted octanol–water partition coefficient (Wildman–Crippen LogP) is 13.5. The summed E-state index contributed by atoms with van der Waals surface area (Å²) in [5.74, 6) is -41.9. The van der Waals surface area contributed by atoms with Gasteiger partial charge in [-0.2, -0.15) is 26.3 Å². The lowest BCUT2D eigenvalue weighted by Crippen LogP contribution is -2.54. The Kier molecular flexibility index (Phi) is 13.6. The van der Waals surface area contributed by atoms with Crippen molar-refractivity contribution in [1.82, 2.24) is 0 Å². The maximum Gasteiger partial charge on any atom is 0.411 e. The van der Waals surface area contributed by atoms with Gasteiger partial charge in [0.2, 0.25) is 25.1 Å². The minimum atomic E-state index is -6.54. The molecule has 0 N–H and O–H groups in total. The predicted molar refractivity (Wildman–Crippen MR) is 201 cm³/mol. The number of benzene rings is 6. The van der Waals surface area contributed by atoms with Crippen LogP contribution < -0.4 is 9.47 Å². The van der Waals surface area contributed by atoms with Crippen LogP contribution in [0.15, 0.2) is 68.1 Å². The lowest BCUT2D eigenvalue weighted by molar-refractivity contribution is -0.288. The van der Waals surface area contributed by atoms with Crippen molar-refractivity contribution in [2.75, 3.05) is 0 Å². The van der Waals surface area contributed by atoms with E-state index >= 15 is 43.9 Å². The van der Waals surface area contributed by atoms with E-state index in [4.69, 9.17) is 9.47 Å². The van der Waals surface area contributed by atoms with Gasteiger partial charge in [0.25, 0.3) is 0 Å². The molecule has 6 nitrogen and oxygen atoms in total. The van der Waals surface area contributed by atoms with Crippen LogP contribution >= 0.6 is 0 Å². The molecule has 0 aliphatic rings. The van der Waals surface area contributed by atoms with Crippen LogP contribution in [0.4, 0.5) is 87.8 Å². The van der Waals surface area contributed by atoms with E-state index < -0.39 is 195 Å². The highest BCUT2D eigenvalue weighted by Crippen LogP contribution is 2.57. The standard InChI is InChI=1S/C43H20F20O6S2/c1-13-21(44)29(52)37(30(53)22(13)45)70(64,65)39-33(56)25(48)15(3)27(50)35(39)68-19-9-5-17(6-10-19)41(42(58,59)60,43(61,62)63)18-7-11-20(12-8-18)69-36-28(51)16(4)26(49)34(57)40(36)71(66,67)38-31(54)23(46)14(2)24(47)32(38)55/h5-12H,1-4H3.